The maximum atomic E-state index is 11.9. The van der Waals surface area contributed by atoms with Crippen LogP contribution in [0.2, 0.25) is 0 Å². The molecular formula is C17H20N2O4S. The summed E-state index contributed by atoms with van der Waals surface area (Å²) in [5.41, 5.74) is 1.61. The molecule has 0 amide bonds. The highest BCUT2D eigenvalue weighted by atomic mass is 32.2. The van der Waals surface area contributed by atoms with Gasteiger partial charge in [-0.15, -0.1) is 0 Å². The van der Waals surface area contributed by atoms with Crippen molar-refractivity contribution < 1.29 is 13.5 Å². The van der Waals surface area contributed by atoms with E-state index in [1.54, 1.807) is 12.1 Å². The van der Waals surface area contributed by atoms with Crippen molar-refractivity contribution in [1.29, 1.82) is 0 Å². The highest BCUT2D eigenvalue weighted by molar-refractivity contribution is 7.92. The number of aromatic nitrogens is 1. The lowest BCUT2D eigenvalue weighted by Crippen LogP contribution is -2.35. The maximum Gasteiger partial charge on any atom is 0.250 e. The second kappa shape index (κ2) is 8.05. The van der Waals surface area contributed by atoms with Crippen molar-refractivity contribution in [3.05, 3.63) is 75.6 Å². The molecule has 7 heteroatoms. The number of benzene rings is 1. The molecule has 1 atom stereocenters. The molecule has 2 aromatic rings. The number of aliphatic hydroxyl groups is 1. The van der Waals surface area contributed by atoms with E-state index in [0.29, 0.717) is 0 Å². The second-order valence-corrected chi connectivity index (χ2v) is 7.10. The largest absolute Gasteiger partial charge is 0.390 e. The van der Waals surface area contributed by atoms with Gasteiger partial charge in [0.2, 0.25) is 10.0 Å². The average molecular weight is 348 g/mol. The second-order valence-electron chi connectivity index (χ2n) is 5.45. The van der Waals surface area contributed by atoms with E-state index in [2.05, 4.69) is 4.72 Å². The molecule has 1 aromatic carbocycles. The van der Waals surface area contributed by atoms with Crippen LogP contribution >= 0.6 is 0 Å². The molecule has 1 unspecified atom stereocenters. The predicted molar refractivity (Wildman–Crippen MR) is 93.8 cm³/mol. The van der Waals surface area contributed by atoms with Crippen LogP contribution in [0.3, 0.4) is 0 Å². The van der Waals surface area contributed by atoms with Gasteiger partial charge in [0.05, 0.1) is 12.6 Å². The lowest BCUT2D eigenvalue weighted by Gasteiger charge is -2.12. The van der Waals surface area contributed by atoms with Crippen molar-refractivity contribution in [2.45, 2.75) is 19.6 Å². The molecule has 0 aliphatic rings. The maximum absolute atomic E-state index is 11.9. The summed E-state index contributed by atoms with van der Waals surface area (Å²) in [6.45, 7) is 1.79. The van der Waals surface area contributed by atoms with Gasteiger partial charge in [0.15, 0.2) is 0 Å². The molecular weight excluding hydrogens is 328 g/mol. The molecule has 0 aliphatic heterocycles. The van der Waals surface area contributed by atoms with Crippen LogP contribution < -0.4 is 10.3 Å². The van der Waals surface area contributed by atoms with Gasteiger partial charge in [-0.2, -0.15) is 0 Å². The summed E-state index contributed by atoms with van der Waals surface area (Å²) in [6.07, 6.45) is 2.01. The van der Waals surface area contributed by atoms with E-state index >= 15 is 0 Å². The van der Waals surface area contributed by atoms with Crippen molar-refractivity contribution in [3.63, 3.8) is 0 Å². The standard InChI is InChI=1S/C17H20N2O4S/c1-14-5-7-15(8-6-14)9-11-24(22,23)18-12-16(20)13-19-10-3-2-4-17(19)21/h2-11,16,18,20H,12-13H2,1H3/b11-9+. The highest BCUT2D eigenvalue weighted by Gasteiger charge is 2.11. The summed E-state index contributed by atoms with van der Waals surface area (Å²) < 4.78 is 27.5. The van der Waals surface area contributed by atoms with Gasteiger partial charge >= 0.3 is 0 Å². The Bertz CT molecular complexity index is 855. The molecule has 0 spiro atoms. The van der Waals surface area contributed by atoms with Gasteiger partial charge in [0.1, 0.15) is 0 Å². The van der Waals surface area contributed by atoms with Gasteiger partial charge < -0.3 is 9.67 Å². The summed E-state index contributed by atoms with van der Waals surface area (Å²) in [5.74, 6) is 0. The van der Waals surface area contributed by atoms with E-state index in [1.165, 1.54) is 22.9 Å². The minimum atomic E-state index is -3.67. The van der Waals surface area contributed by atoms with Crippen LogP contribution in [0.1, 0.15) is 11.1 Å². The number of nitrogens with one attached hydrogen (secondary N) is 1. The SMILES string of the molecule is Cc1ccc(/C=C/S(=O)(=O)NCC(O)Cn2ccccc2=O)cc1. The van der Waals surface area contributed by atoms with Crippen molar-refractivity contribution in [3.8, 4) is 0 Å². The Kier molecular flexibility index (Phi) is 6.08. The summed E-state index contributed by atoms with van der Waals surface area (Å²) in [5, 5.41) is 11.0. The van der Waals surface area contributed by atoms with E-state index < -0.39 is 16.1 Å². The first-order valence-electron chi connectivity index (χ1n) is 7.44. The molecule has 2 rings (SSSR count). The topological polar surface area (TPSA) is 88.4 Å². The zero-order valence-electron chi connectivity index (χ0n) is 13.3. The number of hydrogen-bond donors (Lipinski definition) is 2. The Morgan fingerprint density at radius 3 is 2.58 bits per heavy atom. The number of aliphatic hydroxyl groups excluding tert-OH is 1. The van der Waals surface area contributed by atoms with Crippen LogP contribution in [0, 0.1) is 6.92 Å². The fourth-order valence-electron chi connectivity index (χ4n) is 2.01. The monoisotopic (exact) mass is 348 g/mol. The first-order valence-corrected chi connectivity index (χ1v) is 8.98. The molecule has 0 aliphatic carbocycles. The van der Waals surface area contributed by atoms with Gasteiger partial charge in [0.25, 0.3) is 5.56 Å². The summed E-state index contributed by atoms with van der Waals surface area (Å²) in [6, 6.07) is 12.1. The molecule has 2 N–H and O–H groups in total. The highest BCUT2D eigenvalue weighted by Crippen LogP contribution is 2.06. The molecule has 6 nitrogen and oxygen atoms in total. The van der Waals surface area contributed by atoms with Gasteiger partial charge in [-0.05, 0) is 24.6 Å². The van der Waals surface area contributed by atoms with Crippen LogP contribution in [0.4, 0.5) is 0 Å². The number of hydrogen-bond acceptors (Lipinski definition) is 4. The minimum Gasteiger partial charge on any atom is -0.390 e. The van der Waals surface area contributed by atoms with Gasteiger partial charge in [-0.1, -0.05) is 35.9 Å². The number of sulfonamides is 1. The van der Waals surface area contributed by atoms with Crippen molar-refractivity contribution >= 4 is 16.1 Å². The lowest BCUT2D eigenvalue weighted by atomic mass is 10.2. The molecule has 0 radical (unpaired) electrons. The van der Waals surface area contributed by atoms with E-state index in [9.17, 15) is 18.3 Å². The van der Waals surface area contributed by atoms with Crippen LogP contribution in [-0.4, -0.2) is 30.7 Å². The molecule has 24 heavy (non-hydrogen) atoms. The Hall–Kier alpha value is -2.22. The van der Waals surface area contributed by atoms with Crippen molar-refractivity contribution in [2.24, 2.45) is 0 Å². The van der Waals surface area contributed by atoms with Gasteiger partial charge in [0, 0.05) is 24.2 Å². The molecule has 0 saturated carbocycles. The normalized spacial score (nSPS) is 13.2. The molecule has 1 heterocycles. The third kappa shape index (κ3) is 5.77. The van der Waals surface area contributed by atoms with Crippen molar-refractivity contribution in [1.82, 2.24) is 9.29 Å². The molecule has 128 valence electrons. The molecule has 0 bridgehead atoms. The number of pyridine rings is 1. The fourth-order valence-corrected chi connectivity index (χ4v) is 2.87. The smallest absolute Gasteiger partial charge is 0.250 e. The molecule has 1 aromatic heterocycles. The number of aryl methyl sites for hydroxylation is 1. The minimum absolute atomic E-state index is 0.0177. The Morgan fingerprint density at radius 2 is 1.92 bits per heavy atom. The van der Waals surface area contributed by atoms with E-state index in [0.717, 1.165) is 16.5 Å². The third-order valence-corrected chi connectivity index (χ3v) is 4.41. The van der Waals surface area contributed by atoms with Crippen LogP contribution in [-0.2, 0) is 16.6 Å². The lowest BCUT2D eigenvalue weighted by molar-refractivity contribution is 0.156. The number of nitrogens with zero attached hydrogens (tertiary/aromatic N) is 1. The Morgan fingerprint density at radius 1 is 1.21 bits per heavy atom. The summed E-state index contributed by atoms with van der Waals surface area (Å²) in [7, 11) is -3.67. The van der Waals surface area contributed by atoms with E-state index in [-0.39, 0.29) is 18.6 Å². The molecule has 0 saturated heterocycles. The summed E-state index contributed by atoms with van der Waals surface area (Å²) in [4.78, 5) is 11.5. The third-order valence-electron chi connectivity index (χ3n) is 3.34. The average Bonchev–Trinajstić information content (AvgIpc) is 2.55. The van der Waals surface area contributed by atoms with E-state index in [1.807, 2.05) is 31.2 Å². The quantitative estimate of drug-likeness (QED) is 0.784. The predicted octanol–water partition coefficient (Wildman–Crippen LogP) is 1.11. The van der Waals surface area contributed by atoms with E-state index in [4.69, 9.17) is 0 Å². The van der Waals surface area contributed by atoms with Crippen LogP contribution in [0.5, 0.6) is 0 Å². The first kappa shape index (κ1) is 18.1. The number of rotatable bonds is 7. The molecule has 0 fully saturated rings. The zero-order valence-corrected chi connectivity index (χ0v) is 14.1. The van der Waals surface area contributed by atoms with Gasteiger partial charge in [-0.25, -0.2) is 13.1 Å². The zero-order chi connectivity index (χ0) is 17.6. The van der Waals surface area contributed by atoms with Gasteiger partial charge in [-0.3, -0.25) is 4.79 Å². The Balaban J connectivity index is 1.91. The van der Waals surface area contributed by atoms with Crippen LogP contribution in [0.15, 0.2) is 58.9 Å². The van der Waals surface area contributed by atoms with Crippen LogP contribution in [0.25, 0.3) is 6.08 Å². The first-order chi connectivity index (χ1) is 11.4. The fraction of sp³-hybridized carbons (Fsp3) is 0.235. The Labute approximate surface area is 141 Å². The van der Waals surface area contributed by atoms with Crippen molar-refractivity contribution in [2.75, 3.05) is 6.54 Å². The summed E-state index contributed by atoms with van der Waals surface area (Å²) >= 11 is 0.